The first-order chi connectivity index (χ1) is 6.05. The topological polar surface area (TPSA) is 12.0 Å². The molecule has 1 N–H and O–H groups in total. The number of halogens is 3. The lowest BCUT2D eigenvalue weighted by molar-refractivity contribution is -0.186. The molecule has 0 aromatic carbocycles. The van der Waals surface area contributed by atoms with Crippen LogP contribution < -0.4 is 5.32 Å². The van der Waals surface area contributed by atoms with Gasteiger partial charge in [0.15, 0.2) is 0 Å². The predicted molar refractivity (Wildman–Crippen MR) is 45.4 cm³/mol. The molecule has 0 amide bonds. The van der Waals surface area contributed by atoms with E-state index in [0.717, 1.165) is 25.7 Å². The Morgan fingerprint density at radius 1 is 1.31 bits per heavy atom. The van der Waals surface area contributed by atoms with Crippen LogP contribution >= 0.6 is 0 Å². The van der Waals surface area contributed by atoms with Crippen LogP contribution in [0.4, 0.5) is 13.2 Å². The molecule has 0 saturated heterocycles. The lowest BCUT2D eigenvalue weighted by Gasteiger charge is -2.25. The van der Waals surface area contributed by atoms with Crippen molar-refractivity contribution in [2.45, 2.75) is 31.9 Å². The van der Waals surface area contributed by atoms with Gasteiger partial charge in [-0.1, -0.05) is 12.8 Å². The number of alkyl halides is 3. The molecule has 0 radical (unpaired) electrons. The maximum atomic E-state index is 12.5. The summed E-state index contributed by atoms with van der Waals surface area (Å²) in [6.07, 6.45) is -0.627. The van der Waals surface area contributed by atoms with E-state index in [1.54, 1.807) is 7.05 Å². The molecule has 1 fully saturated rings. The van der Waals surface area contributed by atoms with Gasteiger partial charge in [-0.3, -0.25) is 0 Å². The Morgan fingerprint density at radius 2 is 1.85 bits per heavy atom. The van der Waals surface area contributed by atoms with E-state index in [-0.39, 0.29) is 12.5 Å². The molecule has 1 aliphatic rings. The lowest BCUT2D eigenvalue weighted by Crippen LogP contribution is -2.36. The Balaban J connectivity index is 2.55. The van der Waals surface area contributed by atoms with Crippen molar-refractivity contribution < 1.29 is 13.2 Å². The largest absolute Gasteiger partial charge is 0.393 e. The van der Waals surface area contributed by atoms with Crippen molar-refractivity contribution in [3.05, 3.63) is 0 Å². The highest BCUT2D eigenvalue weighted by atomic mass is 19.4. The Kier molecular flexibility index (Phi) is 3.59. The summed E-state index contributed by atoms with van der Waals surface area (Å²) in [6.45, 7) is 0.0637. The Bertz CT molecular complexity index is 149. The second-order valence-corrected chi connectivity index (χ2v) is 3.75. The summed E-state index contributed by atoms with van der Waals surface area (Å²) in [7, 11) is 1.58. The molecule has 0 heterocycles. The van der Waals surface area contributed by atoms with Crippen LogP contribution in [-0.2, 0) is 0 Å². The molecule has 1 rings (SSSR count). The van der Waals surface area contributed by atoms with Crippen molar-refractivity contribution in [3.8, 4) is 0 Å². The molecule has 13 heavy (non-hydrogen) atoms. The molecule has 1 atom stereocenters. The fourth-order valence-corrected chi connectivity index (χ4v) is 2.13. The molecule has 0 bridgehead atoms. The van der Waals surface area contributed by atoms with E-state index in [0.29, 0.717) is 0 Å². The number of rotatable bonds is 3. The standard InChI is InChI=1S/C9H16F3N/c1-13-6-8(9(10,11)12)7-4-2-3-5-7/h7-8,13H,2-6H2,1H3. The van der Waals surface area contributed by atoms with Crippen molar-refractivity contribution >= 4 is 0 Å². The molecule has 0 aromatic rings. The van der Waals surface area contributed by atoms with Crippen LogP contribution in [0.5, 0.6) is 0 Å². The van der Waals surface area contributed by atoms with Gasteiger partial charge >= 0.3 is 6.18 Å². The Labute approximate surface area is 76.7 Å². The van der Waals surface area contributed by atoms with Gasteiger partial charge in [0, 0.05) is 6.54 Å². The SMILES string of the molecule is CNCC(C1CCCC1)C(F)(F)F. The maximum Gasteiger partial charge on any atom is 0.393 e. The molecule has 0 aliphatic heterocycles. The zero-order chi connectivity index (χ0) is 9.90. The third-order valence-corrected chi connectivity index (χ3v) is 2.81. The summed E-state index contributed by atoms with van der Waals surface area (Å²) < 4.78 is 37.6. The summed E-state index contributed by atoms with van der Waals surface area (Å²) in [5, 5.41) is 2.63. The van der Waals surface area contributed by atoms with E-state index in [2.05, 4.69) is 5.32 Å². The van der Waals surface area contributed by atoms with Gasteiger partial charge in [0.2, 0.25) is 0 Å². The zero-order valence-corrected chi connectivity index (χ0v) is 7.82. The number of hydrogen-bond donors (Lipinski definition) is 1. The van der Waals surface area contributed by atoms with E-state index in [9.17, 15) is 13.2 Å². The van der Waals surface area contributed by atoms with E-state index < -0.39 is 12.1 Å². The second kappa shape index (κ2) is 4.31. The van der Waals surface area contributed by atoms with Gasteiger partial charge in [-0.2, -0.15) is 13.2 Å². The van der Waals surface area contributed by atoms with Gasteiger partial charge in [0.05, 0.1) is 5.92 Å². The minimum Gasteiger partial charge on any atom is -0.319 e. The average molecular weight is 195 g/mol. The van der Waals surface area contributed by atoms with Crippen LogP contribution in [0, 0.1) is 11.8 Å². The quantitative estimate of drug-likeness (QED) is 0.729. The fraction of sp³-hybridized carbons (Fsp3) is 1.00. The van der Waals surface area contributed by atoms with E-state index in [1.807, 2.05) is 0 Å². The molecule has 1 nitrogen and oxygen atoms in total. The van der Waals surface area contributed by atoms with Crippen molar-refractivity contribution in [2.75, 3.05) is 13.6 Å². The molecular formula is C9H16F3N. The van der Waals surface area contributed by atoms with Gasteiger partial charge in [-0.15, -0.1) is 0 Å². The van der Waals surface area contributed by atoms with Crippen molar-refractivity contribution in [1.82, 2.24) is 5.32 Å². The highest BCUT2D eigenvalue weighted by Crippen LogP contribution is 2.40. The minimum absolute atomic E-state index is 0.0637. The van der Waals surface area contributed by atoms with Crippen molar-refractivity contribution in [2.24, 2.45) is 11.8 Å². The summed E-state index contributed by atoms with van der Waals surface area (Å²) in [4.78, 5) is 0. The van der Waals surface area contributed by atoms with Crippen LogP contribution in [-0.4, -0.2) is 19.8 Å². The summed E-state index contributed by atoms with van der Waals surface area (Å²) in [5.74, 6) is -1.28. The van der Waals surface area contributed by atoms with Crippen molar-refractivity contribution in [3.63, 3.8) is 0 Å². The summed E-state index contributed by atoms with van der Waals surface area (Å²) in [5.41, 5.74) is 0. The molecule has 0 aromatic heterocycles. The van der Waals surface area contributed by atoms with Gasteiger partial charge in [0.1, 0.15) is 0 Å². The first-order valence-electron chi connectivity index (χ1n) is 4.77. The zero-order valence-electron chi connectivity index (χ0n) is 7.82. The average Bonchev–Trinajstić information content (AvgIpc) is 2.49. The van der Waals surface area contributed by atoms with Gasteiger partial charge in [-0.25, -0.2) is 0 Å². The third-order valence-electron chi connectivity index (χ3n) is 2.81. The molecule has 1 saturated carbocycles. The van der Waals surface area contributed by atoms with Crippen LogP contribution in [0.3, 0.4) is 0 Å². The molecule has 0 spiro atoms. The highest BCUT2D eigenvalue weighted by molar-refractivity contribution is 4.81. The monoisotopic (exact) mass is 195 g/mol. The smallest absolute Gasteiger partial charge is 0.319 e. The van der Waals surface area contributed by atoms with Crippen molar-refractivity contribution in [1.29, 1.82) is 0 Å². The Hall–Kier alpha value is -0.250. The molecule has 1 unspecified atom stereocenters. The fourth-order valence-electron chi connectivity index (χ4n) is 2.13. The van der Waals surface area contributed by atoms with E-state index in [1.165, 1.54) is 0 Å². The highest BCUT2D eigenvalue weighted by Gasteiger charge is 2.44. The van der Waals surface area contributed by atoms with Crippen LogP contribution in [0.2, 0.25) is 0 Å². The lowest BCUT2D eigenvalue weighted by atomic mass is 9.90. The normalized spacial score (nSPS) is 22.2. The van der Waals surface area contributed by atoms with Gasteiger partial charge < -0.3 is 5.32 Å². The van der Waals surface area contributed by atoms with E-state index in [4.69, 9.17) is 0 Å². The van der Waals surface area contributed by atoms with Crippen LogP contribution in [0.1, 0.15) is 25.7 Å². The molecule has 1 aliphatic carbocycles. The minimum atomic E-state index is -4.03. The van der Waals surface area contributed by atoms with Crippen LogP contribution in [0.15, 0.2) is 0 Å². The number of nitrogens with one attached hydrogen (secondary N) is 1. The van der Waals surface area contributed by atoms with Gasteiger partial charge in [0.25, 0.3) is 0 Å². The predicted octanol–water partition coefficient (Wildman–Crippen LogP) is 2.57. The van der Waals surface area contributed by atoms with Gasteiger partial charge in [-0.05, 0) is 25.8 Å². The second-order valence-electron chi connectivity index (χ2n) is 3.75. The van der Waals surface area contributed by atoms with Crippen LogP contribution in [0.25, 0.3) is 0 Å². The summed E-state index contributed by atoms with van der Waals surface area (Å²) >= 11 is 0. The van der Waals surface area contributed by atoms with E-state index >= 15 is 0 Å². The Morgan fingerprint density at radius 3 is 2.23 bits per heavy atom. The maximum absolute atomic E-state index is 12.5. The molecular weight excluding hydrogens is 179 g/mol. The third kappa shape index (κ3) is 2.86. The first kappa shape index (κ1) is 10.8. The molecule has 4 heteroatoms. The number of hydrogen-bond acceptors (Lipinski definition) is 1. The first-order valence-corrected chi connectivity index (χ1v) is 4.77. The summed E-state index contributed by atoms with van der Waals surface area (Å²) in [6, 6.07) is 0. The molecule has 78 valence electrons.